The molecule has 1 aromatic heterocycles. The Morgan fingerprint density at radius 3 is 2.78 bits per heavy atom. The zero-order valence-electron chi connectivity index (χ0n) is 13.5. The lowest BCUT2D eigenvalue weighted by Gasteiger charge is -2.04. The normalized spacial score (nSPS) is 10.4. The molecule has 1 aromatic carbocycles. The van der Waals surface area contributed by atoms with Crippen LogP contribution in [0.15, 0.2) is 23.6 Å². The third kappa shape index (κ3) is 4.89. The Hall–Kier alpha value is -2.21. The first-order valence-electron chi connectivity index (χ1n) is 7.48. The molecule has 0 saturated carbocycles. The third-order valence-corrected chi connectivity index (χ3v) is 4.04. The third-order valence-electron chi connectivity index (χ3n) is 3.28. The Balaban J connectivity index is 1.98. The number of hydrogen-bond donors (Lipinski definition) is 1. The van der Waals surface area contributed by atoms with Crippen LogP contribution in [0.2, 0.25) is 0 Å². The highest BCUT2D eigenvalue weighted by molar-refractivity contribution is 7.14. The Labute approximate surface area is 139 Å². The van der Waals surface area contributed by atoms with E-state index in [0.29, 0.717) is 11.7 Å². The van der Waals surface area contributed by atoms with Crippen molar-refractivity contribution in [3.63, 3.8) is 0 Å². The van der Waals surface area contributed by atoms with Crippen molar-refractivity contribution >= 4 is 28.3 Å². The van der Waals surface area contributed by atoms with Gasteiger partial charge < -0.3 is 10.1 Å². The van der Waals surface area contributed by atoms with Crippen LogP contribution in [0.25, 0.3) is 11.3 Å². The maximum Gasteiger partial charge on any atom is 0.306 e. The van der Waals surface area contributed by atoms with Crippen molar-refractivity contribution in [2.75, 3.05) is 11.9 Å². The quantitative estimate of drug-likeness (QED) is 0.819. The van der Waals surface area contributed by atoms with Crippen LogP contribution in [0.1, 0.15) is 30.9 Å². The van der Waals surface area contributed by atoms with E-state index in [1.165, 1.54) is 16.9 Å². The number of aryl methyl sites for hydroxylation is 2. The highest BCUT2D eigenvalue weighted by Gasteiger charge is 2.11. The van der Waals surface area contributed by atoms with Crippen molar-refractivity contribution < 1.29 is 14.3 Å². The van der Waals surface area contributed by atoms with Crippen LogP contribution < -0.4 is 5.32 Å². The monoisotopic (exact) mass is 332 g/mol. The van der Waals surface area contributed by atoms with Crippen molar-refractivity contribution in [3.05, 3.63) is 34.7 Å². The first kappa shape index (κ1) is 17.1. The van der Waals surface area contributed by atoms with Crippen LogP contribution in [0.5, 0.6) is 0 Å². The molecule has 0 spiro atoms. The number of ether oxygens (including phenoxy) is 1. The number of rotatable bonds is 6. The summed E-state index contributed by atoms with van der Waals surface area (Å²) in [5.74, 6) is -0.599. The van der Waals surface area contributed by atoms with E-state index in [1.54, 1.807) is 6.92 Å². The maximum absolute atomic E-state index is 11.8. The summed E-state index contributed by atoms with van der Waals surface area (Å²) in [5.41, 5.74) is 4.21. The van der Waals surface area contributed by atoms with Gasteiger partial charge in [0.25, 0.3) is 0 Å². The lowest BCUT2D eigenvalue weighted by Crippen LogP contribution is -2.14. The fourth-order valence-electron chi connectivity index (χ4n) is 2.10. The second-order valence-electron chi connectivity index (χ2n) is 5.21. The molecule has 0 bridgehead atoms. The topological polar surface area (TPSA) is 68.3 Å². The number of anilines is 1. The Bertz CT molecular complexity index is 710. The Kier molecular flexibility index (Phi) is 5.87. The van der Waals surface area contributed by atoms with Gasteiger partial charge >= 0.3 is 5.97 Å². The van der Waals surface area contributed by atoms with Gasteiger partial charge in [-0.15, -0.1) is 11.3 Å². The fourth-order valence-corrected chi connectivity index (χ4v) is 2.82. The van der Waals surface area contributed by atoms with E-state index in [9.17, 15) is 9.59 Å². The molecule has 0 unspecified atom stereocenters. The minimum absolute atomic E-state index is 0.0783. The molecule has 0 aliphatic rings. The van der Waals surface area contributed by atoms with Crippen LogP contribution in [0, 0.1) is 13.8 Å². The molecule has 5 nitrogen and oxygen atoms in total. The largest absolute Gasteiger partial charge is 0.466 e. The number of esters is 1. The summed E-state index contributed by atoms with van der Waals surface area (Å²) in [6, 6.07) is 6.20. The fraction of sp³-hybridized carbons (Fsp3) is 0.353. The van der Waals surface area contributed by atoms with E-state index < -0.39 is 0 Å². The molecule has 6 heteroatoms. The van der Waals surface area contributed by atoms with Crippen LogP contribution in [0.3, 0.4) is 0 Å². The minimum Gasteiger partial charge on any atom is -0.466 e. The summed E-state index contributed by atoms with van der Waals surface area (Å²) in [7, 11) is 0. The lowest BCUT2D eigenvalue weighted by atomic mass is 10.0. The number of thiazole rings is 1. The number of benzene rings is 1. The van der Waals surface area contributed by atoms with E-state index in [4.69, 9.17) is 4.74 Å². The molecule has 0 aliphatic heterocycles. The van der Waals surface area contributed by atoms with Crippen molar-refractivity contribution in [3.8, 4) is 11.3 Å². The van der Waals surface area contributed by atoms with Crippen LogP contribution >= 0.6 is 11.3 Å². The smallest absolute Gasteiger partial charge is 0.306 e. The van der Waals surface area contributed by atoms with Crippen LogP contribution in [-0.4, -0.2) is 23.5 Å². The zero-order valence-corrected chi connectivity index (χ0v) is 14.3. The Morgan fingerprint density at radius 1 is 1.26 bits per heavy atom. The number of nitrogens with zero attached hydrogens (tertiary/aromatic N) is 1. The number of carbonyl (C=O) groups is 2. The molecular weight excluding hydrogens is 312 g/mol. The van der Waals surface area contributed by atoms with Crippen molar-refractivity contribution in [2.24, 2.45) is 0 Å². The predicted molar refractivity (Wildman–Crippen MR) is 91.5 cm³/mol. The van der Waals surface area contributed by atoms with Gasteiger partial charge in [-0.25, -0.2) is 4.98 Å². The van der Waals surface area contributed by atoms with Gasteiger partial charge in [0.2, 0.25) is 5.91 Å². The highest BCUT2D eigenvalue weighted by Crippen LogP contribution is 2.28. The molecule has 2 rings (SSSR count). The number of amides is 1. The van der Waals surface area contributed by atoms with Crippen molar-refractivity contribution in [1.29, 1.82) is 0 Å². The summed E-state index contributed by atoms with van der Waals surface area (Å²) in [5, 5.41) is 5.18. The van der Waals surface area contributed by atoms with Gasteiger partial charge in [-0.3, -0.25) is 9.59 Å². The summed E-state index contributed by atoms with van der Waals surface area (Å²) in [4.78, 5) is 27.5. The maximum atomic E-state index is 11.8. The van der Waals surface area contributed by atoms with E-state index >= 15 is 0 Å². The van der Waals surface area contributed by atoms with E-state index in [0.717, 1.165) is 16.8 Å². The second-order valence-corrected chi connectivity index (χ2v) is 6.07. The molecule has 23 heavy (non-hydrogen) atoms. The highest BCUT2D eigenvalue weighted by atomic mass is 32.1. The number of aromatic nitrogens is 1. The van der Waals surface area contributed by atoms with Crippen LogP contribution in [0.4, 0.5) is 5.13 Å². The van der Waals surface area contributed by atoms with Gasteiger partial charge in [-0.2, -0.15) is 0 Å². The van der Waals surface area contributed by atoms with Crippen molar-refractivity contribution in [2.45, 2.75) is 33.6 Å². The molecule has 0 radical (unpaired) electrons. The average Bonchev–Trinajstić information content (AvgIpc) is 2.96. The first-order valence-corrected chi connectivity index (χ1v) is 8.36. The molecule has 122 valence electrons. The van der Waals surface area contributed by atoms with Gasteiger partial charge in [0.15, 0.2) is 5.13 Å². The summed E-state index contributed by atoms with van der Waals surface area (Å²) >= 11 is 1.37. The van der Waals surface area contributed by atoms with Gasteiger partial charge in [0.05, 0.1) is 18.7 Å². The zero-order chi connectivity index (χ0) is 16.8. The number of carbonyl (C=O) groups excluding carboxylic acids is 2. The van der Waals surface area contributed by atoms with Crippen LogP contribution in [-0.2, 0) is 14.3 Å². The summed E-state index contributed by atoms with van der Waals surface area (Å²) < 4.78 is 4.80. The SMILES string of the molecule is CCOC(=O)CCC(=O)Nc1nc(-c2cc(C)ccc2C)cs1. The molecule has 0 saturated heterocycles. The molecule has 2 aromatic rings. The number of nitrogens with one attached hydrogen (secondary N) is 1. The molecule has 0 fully saturated rings. The lowest BCUT2D eigenvalue weighted by molar-refractivity contribution is -0.144. The van der Waals surface area contributed by atoms with E-state index in [1.807, 2.05) is 19.2 Å². The van der Waals surface area contributed by atoms with E-state index in [-0.39, 0.29) is 24.7 Å². The minimum atomic E-state index is -0.363. The molecular formula is C17H20N2O3S. The number of hydrogen-bond acceptors (Lipinski definition) is 5. The second kappa shape index (κ2) is 7.87. The van der Waals surface area contributed by atoms with Gasteiger partial charge in [-0.1, -0.05) is 17.7 Å². The molecule has 0 aliphatic carbocycles. The summed E-state index contributed by atoms with van der Waals surface area (Å²) in [6.07, 6.45) is 0.173. The van der Waals surface area contributed by atoms with Crippen molar-refractivity contribution in [1.82, 2.24) is 4.98 Å². The predicted octanol–water partition coefficient (Wildman–Crippen LogP) is 3.71. The molecule has 1 heterocycles. The van der Waals surface area contributed by atoms with Gasteiger partial charge in [0, 0.05) is 17.4 Å². The average molecular weight is 332 g/mol. The standard InChI is InChI=1S/C17H20N2O3S/c1-4-22-16(21)8-7-15(20)19-17-18-14(10-23-17)13-9-11(2)5-6-12(13)3/h5-6,9-10H,4,7-8H2,1-3H3,(H,18,19,20). The summed E-state index contributed by atoms with van der Waals surface area (Å²) in [6.45, 7) is 6.13. The molecule has 0 atom stereocenters. The Morgan fingerprint density at radius 2 is 2.04 bits per heavy atom. The van der Waals surface area contributed by atoms with Gasteiger partial charge in [-0.05, 0) is 32.4 Å². The first-order chi connectivity index (χ1) is 11.0. The molecule has 1 N–H and O–H groups in total. The van der Waals surface area contributed by atoms with E-state index in [2.05, 4.69) is 28.5 Å². The molecule has 1 amide bonds. The van der Waals surface area contributed by atoms with Gasteiger partial charge in [0.1, 0.15) is 0 Å².